The summed E-state index contributed by atoms with van der Waals surface area (Å²) in [5.41, 5.74) is 2.65. The van der Waals surface area contributed by atoms with E-state index in [-0.39, 0.29) is 0 Å². The van der Waals surface area contributed by atoms with Gasteiger partial charge in [0.1, 0.15) is 0 Å². The summed E-state index contributed by atoms with van der Waals surface area (Å²) >= 11 is 7.89. The van der Waals surface area contributed by atoms with Crippen molar-refractivity contribution in [3.05, 3.63) is 64.7 Å². The van der Waals surface area contributed by atoms with Crippen LogP contribution in [-0.2, 0) is 0 Å². The first-order valence-corrected chi connectivity index (χ1v) is 8.73. The topological polar surface area (TPSA) is 12.0 Å². The van der Waals surface area contributed by atoms with Crippen LogP contribution in [0.1, 0.15) is 30.5 Å². The highest BCUT2D eigenvalue weighted by atomic mass is 35.5. The standard InChI is InChI=1S/C18H22ClNS/c1-3-11-20-18(15-9-7-14(2)8-10-15)13-21-17-6-4-5-16(19)12-17/h4-10,12,18,20H,3,11,13H2,1-2H3. The molecule has 21 heavy (non-hydrogen) atoms. The maximum atomic E-state index is 6.05. The number of benzene rings is 2. The predicted octanol–water partition coefficient (Wildman–Crippen LogP) is 5.48. The van der Waals surface area contributed by atoms with E-state index in [0.29, 0.717) is 6.04 Å². The molecular weight excluding hydrogens is 298 g/mol. The van der Waals surface area contributed by atoms with Gasteiger partial charge < -0.3 is 5.32 Å². The fourth-order valence-corrected chi connectivity index (χ4v) is 3.44. The van der Waals surface area contributed by atoms with E-state index in [1.807, 2.05) is 30.0 Å². The molecule has 0 aromatic heterocycles. The lowest BCUT2D eigenvalue weighted by molar-refractivity contribution is 0.577. The smallest absolute Gasteiger partial charge is 0.0417 e. The van der Waals surface area contributed by atoms with Crippen molar-refractivity contribution in [2.24, 2.45) is 0 Å². The monoisotopic (exact) mass is 319 g/mol. The first-order chi connectivity index (χ1) is 10.2. The molecule has 0 aliphatic carbocycles. The molecule has 0 fully saturated rings. The van der Waals surface area contributed by atoms with Crippen LogP contribution in [0.2, 0.25) is 5.02 Å². The Labute approximate surface area is 137 Å². The maximum Gasteiger partial charge on any atom is 0.0417 e. The molecule has 112 valence electrons. The van der Waals surface area contributed by atoms with Gasteiger partial charge in [-0.1, -0.05) is 54.4 Å². The minimum Gasteiger partial charge on any atom is -0.309 e. The van der Waals surface area contributed by atoms with E-state index in [0.717, 1.165) is 23.7 Å². The van der Waals surface area contributed by atoms with Crippen molar-refractivity contribution in [3.8, 4) is 0 Å². The van der Waals surface area contributed by atoms with Crippen LogP contribution in [0.25, 0.3) is 0 Å². The molecule has 1 unspecified atom stereocenters. The van der Waals surface area contributed by atoms with Gasteiger partial charge in [0.2, 0.25) is 0 Å². The molecule has 1 nitrogen and oxygen atoms in total. The van der Waals surface area contributed by atoms with Crippen LogP contribution in [0.3, 0.4) is 0 Å². The summed E-state index contributed by atoms with van der Waals surface area (Å²) < 4.78 is 0. The molecular formula is C18H22ClNS. The van der Waals surface area contributed by atoms with E-state index in [9.17, 15) is 0 Å². The van der Waals surface area contributed by atoms with Crippen molar-refractivity contribution in [1.82, 2.24) is 5.32 Å². The average Bonchev–Trinajstić information content (AvgIpc) is 2.49. The lowest BCUT2D eigenvalue weighted by Gasteiger charge is -2.19. The van der Waals surface area contributed by atoms with E-state index >= 15 is 0 Å². The van der Waals surface area contributed by atoms with E-state index in [2.05, 4.69) is 49.5 Å². The number of hydrogen-bond acceptors (Lipinski definition) is 2. The molecule has 1 atom stereocenters. The van der Waals surface area contributed by atoms with E-state index in [1.54, 1.807) is 0 Å². The van der Waals surface area contributed by atoms with Crippen molar-refractivity contribution < 1.29 is 0 Å². The predicted molar refractivity (Wildman–Crippen MR) is 94.4 cm³/mol. The second kappa shape index (κ2) is 8.47. The Hall–Kier alpha value is -0.960. The largest absolute Gasteiger partial charge is 0.309 e. The zero-order chi connectivity index (χ0) is 15.1. The Morgan fingerprint density at radius 1 is 1.14 bits per heavy atom. The highest BCUT2D eigenvalue weighted by molar-refractivity contribution is 7.99. The third kappa shape index (κ3) is 5.39. The minimum atomic E-state index is 0.370. The summed E-state index contributed by atoms with van der Waals surface area (Å²) in [5.74, 6) is 1.00. The van der Waals surface area contributed by atoms with Gasteiger partial charge in [0.05, 0.1) is 0 Å². The van der Waals surface area contributed by atoms with Crippen LogP contribution in [0, 0.1) is 6.92 Å². The lowest BCUT2D eigenvalue weighted by Crippen LogP contribution is -2.24. The number of thioether (sulfide) groups is 1. The van der Waals surface area contributed by atoms with E-state index in [1.165, 1.54) is 16.0 Å². The van der Waals surface area contributed by atoms with Crippen molar-refractivity contribution >= 4 is 23.4 Å². The van der Waals surface area contributed by atoms with Crippen molar-refractivity contribution in [2.75, 3.05) is 12.3 Å². The van der Waals surface area contributed by atoms with Crippen LogP contribution in [0.4, 0.5) is 0 Å². The van der Waals surface area contributed by atoms with Crippen LogP contribution >= 0.6 is 23.4 Å². The van der Waals surface area contributed by atoms with Crippen LogP contribution in [0.15, 0.2) is 53.4 Å². The quantitative estimate of drug-likeness (QED) is 0.678. The molecule has 0 aliphatic rings. The SMILES string of the molecule is CCCNC(CSc1cccc(Cl)c1)c1ccc(C)cc1. The fraction of sp³-hybridized carbons (Fsp3) is 0.333. The number of aryl methyl sites for hydroxylation is 1. The van der Waals surface area contributed by atoms with Gasteiger partial charge in [-0.05, 0) is 43.7 Å². The second-order valence-corrected chi connectivity index (χ2v) is 6.72. The third-order valence-corrected chi connectivity index (χ3v) is 4.66. The summed E-state index contributed by atoms with van der Waals surface area (Å²) in [6.07, 6.45) is 1.14. The molecule has 1 N–H and O–H groups in total. The number of halogens is 1. The van der Waals surface area contributed by atoms with E-state index < -0.39 is 0 Å². The lowest BCUT2D eigenvalue weighted by atomic mass is 10.1. The van der Waals surface area contributed by atoms with Gasteiger partial charge in [0.15, 0.2) is 0 Å². The van der Waals surface area contributed by atoms with Gasteiger partial charge in [-0.2, -0.15) is 0 Å². The Morgan fingerprint density at radius 2 is 1.90 bits per heavy atom. The summed E-state index contributed by atoms with van der Waals surface area (Å²) in [6, 6.07) is 17.2. The number of hydrogen-bond donors (Lipinski definition) is 1. The van der Waals surface area contributed by atoms with Gasteiger partial charge in [-0.15, -0.1) is 11.8 Å². The van der Waals surface area contributed by atoms with Crippen LogP contribution in [0.5, 0.6) is 0 Å². The molecule has 2 rings (SSSR count). The Morgan fingerprint density at radius 3 is 2.57 bits per heavy atom. The first-order valence-electron chi connectivity index (χ1n) is 7.37. The maximum absolute atomic E-state index is 6.05. The van der Waals surface area contributed by atoms with Gasteiger partial charge in [-0.25, -0.2) is 0 Å². The fourth-order valence-electron chi connectivity index (χ4n) is 2.13. The number of nitrogens with one attached hydrogen (secondary N) is 1. The summed E-state index contributed by atoms with van der Waals surface area (Å²) in [6.45, 7) is 5.36. The third-order valence-electron chi connectivity index (χ3n) is 3.33. The summed E-state index contributed by atoms with van der Waals surface area (Å²) in [5, 5.41) is 4.44. The molecule has 0 amide bonds. The molecule has 0 saturated carbocycles. The van der Waals surface area contributed by atoms with Crippen LogP contribution in [-0.4, -0.2) is 12.3 Å². The average molecular weight is 320 g/mol. The van der Waals surface area contributed by atoms with Crippen molar-refractivity contribution in [2.45, 2.75) is 31.2 Å². The number of rotatable bonds is 7. The Kier molecular flexibility index (Phi) is 6.62. The van der Waals surface area contributed by atoms with Gasteiger partial charge in [0.25, 0.3) is 0 Å². The highest BCUT2D eigenvalue weighted by Gasteiger charge is 2.11. The normalized spacial score (nSPS) is 12.3. The molecule has 0 spiro atoms. The zero-order valence-electron chi connectivity index (χ0n) is 12.6. The highest BCUT2D eigenvalue weighted by Crippen LogP contribution is 2.26. The van der Waals surface area contributed by atoms with Crippen molar-refractivity contribution in [1.29, 1.82) is 0 Å². The minimum absolute atomic E-state index is 0.370. The van der Waals surface area contributed by atoms with E-state index in [4.69, 9.17) is 11.6 Å². The molecule has 2 aromatic rings. The molecule has 3 heteroatoms. The molecule has 0 aliphatic heterocycles. The van der Waals surface area contributed by atoms with Gasteiger partial charge >= 0.3 is 0 Å². The van der Waals surface area contributed by atoms with Gasteiger partial charge in [0, 0.05) is 21.7 Å². The van der Waals surface area contributed by atoms with Crippen molar-refractivity contribution in [3.63, 3.8) is 0 Å². The summed E-state index contributed by atoms with van der Waals surface area (Å²) in [7, 11) is 0. The first kappa shape index (κ1) is 16.4. The Balaban J connectivity index is 2.04. The summed E-state index contributed by atoms with van der Waals surface area (Å²) in [4.78, 5) is 1.22. The molecule has 0 saturated heterocycles. The Bertz CT molecular complexity index is 553. The molecule has 0 bridgehead atoms. The van der Waals surface area contributed by atoms with Gasteiger partial charge in [-0.3, -0.25) is 0 Å². The zero-order valence-corrected chi connectivity index (χ0v) is 14.2. The molecule has 0 radical (unpaired) electrons. The second-order valence-electron chi connectivity index (χ2n) is 5.19. The molecule has 0 heterocycles. The van der Waals surface area contributed by atoms with Crippen LogP contribution < -0.4 is 5.32 Å². The molecule has 2 aromatic carbocycles.